The maximum atomic E-state index is 2.24. The van der Waals surface area contributed by atoms with Gasteiger partial charge >= 0.3 is 0 Å². The molecule has 0 spiro atoms. The van der Waals surface area contributed by atoms with Gasteiger partial charge in [0.15, 0.2) is 0 Å². The highest BCUT2D eigenvalue weighted by Gasteiger charge is 2.16. The molecule has 0 saturated heterocycles. The molecule has 2 aliphatic carbocycles. The molecule has 0 unspecified atom stereocenters. The molecule has 0 heteroatoms. The van der Waals surface area contributed by atoms with Crippen LogP contribution in [-0.4, -0.2) is 0 Å². The minimum absolute atomic E-state index is 1.44. The van der Waals surface area contributed by atoms with E-state index in [1.165, 1.54) is 22.3 Å². The van der Waals surface area contributed by atoms with Crippen molar-refractivity contribution in [2.24, 2.45) is 0 Å². The van der Waals surface area contributed by atoms with Gasteiger partial charge in [-0.3, -0.25) is 0 Å². The molecule has 0 N–H and O–H groups in total. The Hall–Kier alpha value is -1.56. The van der Waals surface area contributed by atoms with Crippen LogP contribution in [-0.2, 0) is 0 Å². The average Bonchev–Trinajstić information content (AvgIpc) is 2.94. The fourth-order valence-electron chi connectivity index (χ4n) is 1.50. The van der Waals surface area contributed by atoms with Crippen LogP contribution in [0.3, 0.4) is 0 Å². The van der Waals surface area contributed by atoms with E-state index >= 15 is 0 Å². The van der Waals surface area contributed by atoms with Gasteiger partial charge in [0.05, 0.1) is 0 Å². The first-order valence-corrected chi connectivity index (χ1v) is 4.90. The van der Waals surface area contributed by atoms with Crippen LogP contribution in [0.1, 0.15) is 11.1 Å². The lowest BCUT2D eigenvalue weighted by atomic mass is 10.2. The lowest BCUT2D eigenvalue weighted by molar-refractivity contribution is 1.41. The Bertz CT molecular complexity index is 401. The third kappa shape index (κ3) is 1.85. The van der Waals surface area contributed by atoms with Crippen LogP contribution in [0, 0.1) is 13.8 Å². The molecule has 0 bridgehead atoms. The Morgan fingerprint density at radius 3 is 1.43 bits per heavy atom. The molecule has 0 aromatic heterocycles. The minimum atomic E-state index is 1.44. The topological polar surface area (TPSA) is 0 Å². The van der Waals surface area contributed by atoms with E-state index < -0.39 is 0 Å². The molecule has 0 amide bonds. The fourth-order valence-corrected chi connectivity index (χ4v) is 1.50. The van der Waals surface area contributed by atoms with Gasteiger partial charge in [-0.1, -0.05) is 42.5 Å². The van der Waals surface area contributed by atoms with Crippen molar-refractivity contribution in [1.29, 1.82) is 0 Å². The third-order valence-corrected chi connectivity index (χ3v) is 2.56. The van der Waals surface area contributed by atoms with Gasteiger partial charge in [-0.2, -0.15) is 0 Å². The van der Waals surface area contributed by atoms with Crippen LogP contribution in [0.4, 0.5) is 0 Å². The zero-order valence-electron chi connectivity index (χ0n) is 8.62. The highest BCUT2D eigenvalue weighted by molar-refractivity contribution is 5.86. The Balaban J connectivity index is 0.000000112. The molecule has 1 aromatic rings. The Kier molecular flexibility index (Phi) is 2.36. The summed E-state index contributed by atoms with van der Waals surface area (Å²) < 4.78 is 0. The Labute approximate surface area is 85.2 Å². The number of aryl methyl sites for hydroxylation is 1. The smallest absolute Gasteiger partial charge is 0.0146 e. The van der Waals surface area contributed by atoms with Crippen molar-refractivity contribution in [3.8, 4) is 11.1 Å². The van der Waals surface area contributed by atoms with Gasteiger partial charge in [0.25, 0.3) is 0 Å². The van der Waals surface area contributed by atoms with Crippen LogP contribution in [0.15, 0.2) is 48.5 Å². The third-order valence-electron chi connectivity index (χ3n) is 2.56. The molecule has 0 saturated carbocycles. The molecule has 70 valence electrons. The zero-order chi connectivity index (χ0) is 9.97. The van der Waals surface area contributed by atoms with E-state index in [1.54, 1.807) is 0 Å². The molecule has 1 aromatic carbocycles. The standard InChI is InChI=1S/C8H8.C6H6/c1-5-3-7-4-8(7)6(5)2;1-2-4-6-5-3-1/h3-4H,1-2H3;1-6H. The number of hydrogen-bond donors (Lipinski definition) is 0. The summed E-state index contributed by atoms with van der Waals surface area (Å²) in [5.41, 5.74) is 5.86. The summed E-state index contributed by atoms with van der Waals surface area (Å²) in [7, 11) is 0. The number of rotatable bonds is 0. The molecule has 0 fully saturated rings. The first-order chi connectivity index (χ1) is 6.79. The van der Waals surface area contributed by atoms with Crippen LogP contribution < -0.4 is 0 Å². The maximum absolute atomic E-state index is 2.24. The Morgan fingerprint density at radius 1 is 0.714 bits per heavy atom. The van der Waals surface area contributed by atoms with Crippen molar-refractivity contribution >= 4 is 0 Å². The fraction of sp³-hybridized carbons (Fsp3) is 0.143. The first-order valence-electron chi connectivity index (χ1n) is 4.90. The van der Waals surface area contributed by atoms with Crippen molar-refractivity contribution in [3.63, 3.8) is 0 Å². The highest BCUT2D eigenvalue weighted by Crippen LogP contribution is 2.40. The van der Waals surface area contributed by atoms with Crippen molar-refractivity contribution < 1.29 is 0 Å². The quantitative estimate of drug-likeness (QED) is 0.493. The SMILES string of the molecule is Cc1cc2cc-2c1C.c1ccccc1. The van der Waals surface area contributed by atoms with Gasteiger partial charge in [-0.25, -0.2) is 0 Å². The molecular weight excluding hydrogens is 168 g/mol. The van der Waals surface area contributed by atoms with Gasteiger partial charge < -0.3 is 0 Å². The van der Waals surface area contributed by atoms with Crippen molar-refractivity contribution in [2.45, 2.75) is 13.8 Å². The molecule has 0 atom stereocenters. The maximum Gasteiger partial charge on any atom is -0.0146 e. The van der Waals surface area contributed by atoms with Crippen molar-refractivity contribution in [1.82, 2.24) is 0 Å². The summed E-state index contributed by atoms with van der Waals surface area (Å²) in [6.45, 7) is 4.34. The van der Waals surface area contributed by atoms with Crippen LogP contribution in [0.5, 0.6) is 0 Å². The van der Waals surface area contributed by atoms with E-state index in [-0.39, 0.29) is 0 Å². The number of benzene rings is 2. The predicted octanol–water partition coefficient (Wildman–Crippen LogP) is 3.97. The second-order valence-corrected chi connectivity index (χ2v) is 3.62. The van der Waals surface area contributed by atoms with E-state index in [1.807, 2.05) is 36.4 Å². The molecule has 3 rings (SSSR count). The summed E-state index contributed by atoms with van der Waals surface area (Å²) >= 11 is 0. The second-order valence-electron chi connectivity index (χ2n) is 3.62. The van der Waals surface area contributed by atoms with Gasteiger partial charge in [0, 0.05) is 0 Å². The summed E-state index contributed by atoms with van der Waals surface area (Å²) in [4.78, 5) is 0. The molecule has 0 aliphatic heterocycles. The van der Waals surface area contributed by atoms with E-state index in [0.717, 1.165) is 0 Å². The van der Waals surface area contributed by atoms with Crippen LogP contribution in [0.25, 0.3) is 11.1 Å². The normalized spacial score (nSPS) is 10.1. The summed E-state index contributed by atoms with van der Waals surface area (Å²) in [5, 5.41) is 0. The van der Waals surface area contributed by atoms with Gasteiger partial charge in [0.2, 0.25) is 0 Å². The minimum Gasteiger partial charge on any atom is -0.0623 e. The van der Waals surface area contributed by atoms with E-state index in [0.29, 0.717) is 0 Å². The molecule has 14 heavy (non-hydrogen) atoms. The zero-order valence-corrected chi connectivity index (χ0v) is 8.62. The molecule has 0 heterocycles. The van der Waals surface area contributed by atoms with Gasteiger partial charge in [-0.05, 0) is 42.2 Å². The van der Waals surface area contributed by atoms with Gasteiger partial charge in [-0.15, -0.1) is 0 Å². The molecule has 2 aliphatic rings. The lowest BCUT2D eigenvalue weighted by Gasteiger charge is -1.83. The molecule has 0 radical (unpaired) electrons. The number of hydrogen-bond acceptors (Lipinski definition) is 0. The van der Waals surface area contributed by atoms with Crippen LogP contribution >= 0.6 is 0 Å². The monoisotopic (exact) mass is 182 g/mol. The lowest BCUT2D eigenvalue weighted by Crippen LogP contribution is -1.65. The van der Waals surface area contributed by atoms with E-state index in [2.05, 4.69) is 26.0 Å². The van der Waals surface area contributed by atoms with Crippen molar-refractivity contribution in [3.05, 3.63) is 59.7 Å². The largest absolute Gasteiger partial charge is 0.0623 e. The average molecular weight is 182 g/mol. The summed E-state index contributed by atoms with van der Waals surface area (Å²) in [6.07, 6.45) is 0. The molecule has 0 nitrogen and oxygen atoms in total. The van der Waals surface area contributed by atoms with E-state index in [4.69, 9.17) is 0 Å². The second kappa shape index (κ2) is 3.67. The highest BCUT2D eigenvalue weighted by atomic mass is 14.2. The first kappa shape index (κ1) is 9.01. The predicted molar refractivity (Wildman–Crippen MR) is 61.4 cm³/mol. The molecular formula is C14H14. The number of fused-ring (bicyclic) bond motifs is 1. The van der Waals surface area contributed by atoms with Crippen LogP contribution in [0.2, 0.25) is 0 Å². The Morgan fingerprint density at radius 2 is 1.21 bits per heavy atom. The van der Waals surface area contributed by atoms with Crippen molar-refractivity contribution in [2.75, 3.05) is 0 Å². The van der Waals surface area contributed by atoms with Gasteiger partial charge in [0.1, 0.15) is 0 Å². The summed E-state index contributed by atoms with van der Waals surface area (Å²) in [6, 6.07) is 16.5. The summed E-state index contributed by atoms with van der Waals surface area (Å²) in [5.74, 6) is 0. The van der Waals surface area contributed by atoms with E-state index in [9.17, 15) is 0 Å².